The van der Waals surface area contributed by atoms with Crippen LogP contribution in [0.4, 0.5) is 0 Å². The summed E-state index contributed by atoms with van der Waals surface area (Å²) in [5, 5.41) is 0. The Balaban J connectivity index is 1.50. The van der Waals surface area contributed by atoms with Gasteiger partial charge in [0.15, 0.2) is 12.2 Å². The summed E-state index contributed by atoms with van der Waals surface area (Å²) in [5.74, 6) is 1.57. The predicted octanol–water partition coefficient (Wildman–Crippen LogP) is 5.41. The molecule has 5 nitrogen and oxygen atoms in total. The average molecular weight is 406 g/mol. The van der Waals surface area contributed by atoms with Crippen molar-refractivity contribution in [3.8, 4) is 17.1 Å². The Bertz CT molecular complexity index is 1370. The van der Waals surface area contributed by atoms with Gasteiger partial charge in [0.1, 0.15) is 12.0 Å². The molecule has 0 amide bonds. The summed E-state index contributed by atoms with van der Waals surface area (Å²) < 4.78 is 7.78. The zero-order chi connectivity index (χ0) is 20.7. The largest absolute Gasteiger partial charge is 0.442 e. The van der Waals surface area contributed by atoms with Gasteiger partial charge in [-0.05, 0) is 61.3 Å². The highest BCUT2D eigenvalue weighted by Crippen LogP contribution is 2.75. The Kier molecular flexibility index (Phi) is 3.23. The maximum atomic E-state index is 5.59. The predicted molar refractivity (Wildman–Crippen MR) is 119 cm³/mol. The molecule has 2 saturated carbocycles. The molecular weight excluding hydrogens is 384 g/mol. The Morgan fingerprint density at radius 3 is 2.68 bits per heavy atom. The van der Waals surface area contributed by atoms with Gasteiger partial charge >= 0.3 is 0 Å². The molecular formula is C26H22N4O. The van der Waals surface area contributed by atoms with Crippen LogP contribution >= 0.6 is 0 Å². The van der Waals surface area contributed by atoms with E-state index in [1.54, 1.807) is 6.20 Å². The van der Waals surface area contributed by atoms with E-state index in [2.05, 4.69) is 65.9 Å². The minimum absolute atomic E-state index is 0.0826. The van der Waals surface area contributed by atoms with Crippen LogP contribution in [0.15, 0.2) is 70.8 Å². The summed E-state index contributed by atoms with van der Waals surface area (Å²) in [5.41, 5.74) is 9.54. The van der Waals surface area contributed by atoms with Crippen LogP contribution in [0.1, 0.15) is 53.8 Å². The zero-order valence-electron chi connectivity index (χ0n) is 17.5. The van der Waals surface area contributed by atoms with E-state index in [4.69, 9.17) is 14.4 Å². The standard InChI is InChI=1S/C26H22N4O/c1-15-5-3-4-6-19(15)23-20-9-17(26-10-18(26)11-26)7-8-21(20)30-13-28-24(22-12-27-14-31-22)25(30)16(2)29-23/h3-9,12-14,16,18H,10-11H2,1-2H3/t16-,18?,26?/m0/s1. The summed E-state index contributed by atoms with van der Waals surface area (Å²) >= 11 is 0. The Hall–Kier alpha value is -3.47. The highest BCUT2D eigenvalue weighted by atomic mass is 16.3. The van der Waals surface area contributed by atoms with E-state index in [1.807, 2.05) is 6.33 Å². The first-order chi connectivity index (χ1) is 15.2. The van der Waals surface area contributed by atoms with Gasteiger partial charge in [-0.1, -0.05) is 30.3 Å². The third kappa shape index (κ3) is 2.34. The fraction of sp³-hybridized carbons (Fsp3) is 0.269. The minimum Gasteiger partial charge on any atom is -0.442 e. The van der Waals surface area contributed by atoms with Crippen molar-refractivity contribution in [1.82, 2.24) is 14.5 Å². The summed E-state index contributed by atoms with van der Waals surface area (Å²) in [6.07, 6.45) is 7.74. The third-order valence-electron chi connectivity index (χ3n) is 7.36. The number of aliphatic imine (C=N–C) groups is 1. The fourth-order valence-corrected chi connectivity index (χ4v) is 5.27. The lowest BCUT2D eigenvalue weighted by Gasteiger charge is -2.16. The van der Waals surface area contributed by atoms with Crippen molar-refractivity contribution < 1.29 is 4.42 Å². The van der Waals surface area contributed by atoms with Crippen LogP contribution in [-0.2, 0) is 5.41 Å². The van der Waals surface area contributed by atoms with Crippen LogP contribution in [0.3, 0.4) is 0 Å². The molecule has 0 saturated heterocycles. The first-order valence-electron chi connectivity index (χ1n) is 10.9. The topological polar surface area (TPSA) is 56.2 Å². The molecule has 0 radical (unpaired) electrons. The molecule has 2 fully saturated rings. The molecule has 2 aromatic heterocycles. The van der Waals surface area contributed by atoms with Gasteiger partial charge in [0.25, 0.3) is 0 Å². The molecule has 0 spiro atoms. The summed E-state index contributed by atoms with van der Waals surface area (Å²) in [6, 6.07) is 15.4. The number of oxazole rings is 1. The highest BCUT2D eigenvalue weighted by molar-refractivity contribution is 6.16. The lowest BCUT2D eigenvalue weighted by molar-refractivity contribution is 0.568. The van der Waals surface area contributed by atoms with E-state index in [1.165, 1.54) is 41.5 Å². The molecule has 31 heavy (non-hydrogen) atoms. The van der Waals surface area contributed by atoms with Gasteiger partial charge in [0.2, 0.25) is 0 Å². The van der Waals surface area contributed by atoms with Crippen molar-refractivity contribution in [2.75, 3.05) is 0 Å². The second-order valence-corrected chi connectivity index (χ2v) is 9.18. The molecule has 7 rings (SSSR count). The van der Waals surface area contributed by atoms with Gasteiger partial charge in [-0.15, -0.1) is 0 Å². The molecule has 4 aromatic rings. The van der Waals surface area contributed by atoms with E-state index >= 15 is 0 Å². The average Bonchev–Trinajstić information content (AvgIpc) is 3.48. The molecule has 0 N–H and O–H groups in total. The van der Waals surface area contributed by atoms with Crippen LogP contribution in [-0.4, -0.2) is 20.2 Å². The van der Waals surface area contributed by atoms with Gasteiger partial charge in [0.05, 0.1) is 29.3 Å². The molecule has 2 aliphatic carbocycles. The van der Waals surface area contributed by atoms with Gasteiger partial charge < -0.3 is 4.42 Å². The van der Waals surface area contributed by atoms with Crippen molar-refractivity contribution in [3.05, 3.63) is 89.3 Å². The quantitative estimate of drug-likeness (QED) is 0.457. The molecule has 0 bridgehead atoms. The Morgan fingerprint density at radius 2 is 1.94 bits per heavy atom. The normalized spacial score (nSPS) is 25.2. The number of fused-ring (bicyclic) bond motifs is 4. The summed E-state index contributed by atoms with van der Waals surface area (Å²) in [7, 11) is 0. The van der Waals surface area contributed by atoms with Crippen LogP contribution < -0.4 is 0 Å². The number of hydrogen-bond acceptors (Lipinski definition) is 4. The highest BCUT2D eigenvalue weighted by Gasteiger charge is 2.70. The van der Waals surface area contributed by atoms with Crippen LogP contribution in [0.25, 0.3) is 17.1 Å². The smallest absolute Gasteiger partial charge is 0.181 e. The number of imidazole rings is 1. The number of hydrogen-bond donors (Lipinski definition) is 0. The van der Waals surface area contributed by atoms with Crippen molar-refractivity contribution in [2.45, 2.75) is 38.1 Å². The van der Waals surface area contributed by atoms with E-state index in [0.29, 0.717) is 11.2 Å². The molecule has 0 unspecified atom stereocenters. The van der Waals surface area contributed by atoms with Crippen molar-refractivity contribution in [2.24, 2.45) is 10.9 Å². The zero-order valence-corrected chi connectivity index (χ0v) is 17.5. The summed E-state index contributed by atoms with van der Waals surface area (Å²) in [4.78, 5) is 14.1. The van der Waals surface area contributed by atoms with Gasteiger partial charge in [0, 0.05) is 11.1 Å². The van der Waals surface area contributed by atoms with E-state index in [-0.39, 0.29) is 6.04 Å². The first kappa shape index (κ1) is 17.2. The van der Waals surface area contributed by atoms with E-state index in [9.17, 15) is 0 Å². The molecule has 1 atom stereocenters. The number of benzene rings is 2. The van der Waals surface area contributed by atoms with Crippen LogP contribution in [0, 0.1) is 12.8 Å². The second-order valence-electron chi connectivity index (χ2n) is 9.18. The van der Waals surface area contributed by atoms with Crippen LogP contribution in [0.5, 0.6) is 0 Å². The molecule has 2 aromatic carbocycles. The Morgan fingerprint density at radius 1 is 1.10 bits per heavy atom. The lowest BCUT2D eigenvalue weighted by Crippen LogP contribution is -2.10. The molecule has 3 aliphatic rings. The SMILES string of the molecule is Cc1ccccc1C1=N[C@@H](C)c2c(-c3cnco3)ncn2-c2ccc(C34CC3C4)cc21. The fourth-order valence-electron chi connectivity index (χ4n) is 5.27. The molecule has 1 aliphatic heterocycles. The third-order valence-corrected chi connectivity index (χ3v) is 7.36. The monoisotopic (exact) mass is 406 g/mol. The maximum absolute atomic E-state index is 5.59. The number of aromatic nitrogens is 3. The van der Waals surface area contributed by atoms with Gasteiger partial charge in [-0.3, -0.25) is 9.56 Å². The number of nitrogens with zero attached hydrogens (tertiary/aromatic N) is 4. The number of rotatable bonds is 3. The van der Waals surface area contributed by atoms with Crippen molar-refractivity contribution in [1.29, 1.82) is 0 Å². The minimum atomic E-state index is -0.0826. The second kappa shape index (κ2) is 5.82. The van der Waals surface area contributed by atoms with Gasteiger partial charge in [-0.25, -0.2) is 9.97 Å². The summed E-state index contributed by atoms with van der Waals surface area (Å²) in [6.45, 7) is 4.30. The van der Waals surface area contributed by atoms with Crippen molar-refractivity contribution in [3.63, 3.8) is 0 Å². The molecule has 3 heterocycles. The maximum Gasteiger partial charge on any atom is 0.181 e. The molecule has 152 valence electrons. The Labute approximate surface area is 180 Å². The van der Waals surface area contributed by atoms with E-state index < -0.39 is 0 Å². The first-order valence-corrected chi connectivity index (χ1v) is 10.9. The molecule has 5 heteroatoms. The number of aryl methyl sites for hydroxylation is 1. The lowest BCUT2D eigenvalue weighted by atomic mass is 9.93. The van der Waals surface area contributed by atoms with Gasteiger partial charge in [-0.2, -0.15) is 0 Å². The van der Waals surface area contributed by atoms with Crippen molar-refractivity contribution >= 4 is 5.71 Å². The van der Waals surface area contributed by atoms with Crippen LogP contribution in [0.2, 0.25) is 0 Å². The van der Waals surface area contributed by atoms with E-state index in [0.717, 1.165) is 28.7 Å².